The van der Waals surface area contributed by atoms with Crippen LogP contribution in [0.1, 0.15) is 44.5 Å². The molecule has 0 heterocycles. The van der Waals surface area contributed by atoms with Crippen LogP contribution in [-0.4, -0.2) is 31.6 Å². The van der Waals surface area contributed by atoms with Crippen LogP contribution in [0.5, 0.6) is 5.75 Å². The molecule has 1 N–H and O–H groups in total. The third-order valence-corrected chi connectivity index (χ3v) is 3.49. The fourth-order valence-electron chi connectivity index (χ4n) is 1.96. The Hall–Kier alpha value is -2.04. The number of methoxy groups -OCH3 is 1. The average molecular weight is 321 g/mol. The molecular formula is C18H27NO4. The van der Waals surface area contributed by atoms with Crippen LogP contribution in [0.25, 0.3) is 0 Å². The Balaban J connectivity index is 2.64. The topological polar surface area (TPSA) is 64.6 Å². The minimum Gasteiger partial charge on any atom is -0.494 e. The fraction of sp³-hybridized carbons (Fsp3) is 0.556. The number of carbonyl (C=O) groups is 2. The predicted octanol–water partition coefficient (Wildman–Crippen LogP) is 3.04. The van der Waals surface area contributed by atoms with Crippen molar-refractivity contribution >= 4 is 11.9 Å². The van der Waals surface area contributed by atoms with Crippen LogP contribution in [0.2, 0.25) is 0 Å². The van der Waals surface area contributed by atoms with E-state index in [1.165, 1.54) is 7.11 Å². The summed E-state index contributed by atoms with van der Waals surface area (Å²) < 4.78 is 10.3. The van der Waals surface area contributed by atoms with Gasteiger partial charge in [0, 0.05) is 5.56 Å². The van der Waals surface area contributed by atoms with E-state index in [2.05, 4.69) is 19.2 Å². The second kappa shape index (κ2) is 9.18. The quantitative estimate of drug-likeness (QED) is 0.748. The molecule has 1 rings (SSSR count). The van der Waals surface area contributed by atoms with Gasteiger partial charge in [0.25, 0.3) is 5.91 Å². The number of hydrogen-bond donors (Lipinski definition) is 1. The van der Waals surface area contributed by atoms with Gasteiger partial charge in [-0.1, -0.05) is 27.7 Å². The molecule has 0 saturated carbocycles. The monoisotopic (exact) mass is 321 g/mol. The molecule has 0 aliphatic heterocycles. The Morgan fingerprint density at radius 3 is 2.17 bits per heavy atom. The minimum atomic E-state index is -0.658. The molecule has 0 bridgehead atoms. The number of hydrogen-bond acceptors (Lipinski definition) is 4. The highest BCUT2D eigenvalue weighted by Crippen LogP contribution is 2.14. The van der Waals surface area contributed by atoms with Crippen molar-refractivity contribution in [1.82, 2.24) is 5.32 Å². The largest absolute Gasteiger partial charge is 0.494 e. The Labute approximate surface area is 138 Å². The van der Waals surface area contributed by atoms with E-state index in [0.29, 0.717) is 18.1 Å². The average Bonchev–Trinajstić information content (AvgIpc) is 2.51. The molecule has 0 saturated heterocycles. The number of nitrogens with one attached hydrogen (secondary N) is 1. The van der Waals surface area contributed by atoms with Gasteiger partial charge in [-0.05, 0) is 42.5 Å². The van der Waals surface area contributed by atoms with Crippen molar-refractivity contribution in [3.8, 4) is 5.75 Å². The van der Waals surface area contributed by atoms with Crippen LogP contribution in [0, 0.1) is 11.8 Å². The maximum Gasteiger partial charge on any atom is 0.328 e. The fourth-order valence-corrected chi connectivity index (χ4v) is 1.96. The molecule has 0 spiro atoms. The zero-order valence-corrected chi connectivity index (χ0v) is 14.6. The van der Waals surface area contributed by atoms with Gasteiger partial charge in [-0.15, -0.1) is 0 Å². The summed E-state index contributed by atoms with van der Waals surface area (Å²) in [5.74, 6) is 0.525. The van der Waals surface area contributed by atoms with Crippen LogP contribution >= 0.6 is 0 Å². The highest BCUT2D eigenvalue weighted by Gasteiger charge is 2.25. The molecule has 1 atom stereocenters. The third kappa shape index (κ3) is 6.30. The Kier molecular flexibility index (Phi) is 7.59. The Morgan fingerprint density at radius 2 is 1.70 bits per heavy atom. The molecular weight excluding hydrogens is 294 g/mol. The zero-order valence-electron chi connectivity index (χ0n) is 14.6. The van der Waals surface area contributed by atoms with Crippen molar-refractivity contribution in [1.29, 1.82) is 0 Å². The van der Waals surface area contributed by atoms with Crippen LogP contribution in [0.3, 0.4) is 0 Å². The Morgan fingerprint density at radius 1 is 1.09 bits per heavy atom. The molecule has 0 aliphatic rings. The molecule has 5 heteroatoms. The van der Waals surface area contributed by atoms with Crippen LogP contribution in [0.4, 0.5) is 0 Å². The van der Waals surface area contributed by atoms with E-state index in [4.69, 9.17) is 9.47 Å². The second-order valence-corrected chi connectivity index (χ2v) is 6.27. The van der Waals surface area contributed by atoms with Gasteiger partial charge in [-0.25, -0.2) is 4.79 Å². The summed E-state index contributed by atoms with van der Waals surface area (Å²) >= 11 is 0. The van der Waals surface area contributed by atoms with Crippen molar-refractivity contribution < 1.29 is 19.1 Å². The third-order valence-electron chi connectivity index (χ3n) is 3.49. The second-order valence-electron chi connectivity index (χ2n) is 6.27. The first-order valence-corrected chi connectivity index (χ1v) is 7.96. The molecule has 1 unspecified atom stereocenters. The number of carbonyl (C=O) groups excluding carboxylic acids is 2. The van der Waals surface area contributed by atoms with Crippen LogP contribution in [-0.2, 0) is 9.53 Å². The number of benzene rings is 1. The van der Waals surface area contributed by atoms with E-state index in [1.54, 1.807) is 24.3 Å². The smallest absolute Gasteiger partial charge is 0.328 e. The van der Waals surface area contributed by atoms with E-state index in [9.17, 15) is 9.59 Å². The van der Waals surface area contributed by atoms with E-state index >= 15 is 0 Å². The predicted molar refractivity (Wildman–Crippen MR) is 89.5 cm³/mol. The Bertz CT molecular complexity index is 508. The first-order chi connectivity index (χ1) is 10.8. The van der Waals surface area contributed by atoms with Crippen molar-refractivity contribution in [3.63, 3.8) is 0 Å². The van der Waals surface area contributed by atoms with E-state index in [0.717, 1.165) is 12.2 Å². The lowest BCUT2D eigenvalue weighted by Gasteiger charge is -2.19. The van der Waals surface area contributed by atoms with Crippen molar-refractivity contribution in [2.45, 2.75) is 40.2 Å². The lowest BCUT2D eigenvalue weighted by Crippen LogP contribution is -2.45. The van der Waals surface area contributed by atoms with Crippen LogP contribution in [0.15, 0.2) is 24.3 Å². The van der Waals surface area contributed by atoms with Gasteiger partial charge in [-0.2, -0.15) is 0 Å². The number of ether oxygens (including phenoxy) is 2. The first kappa shape index (κ1) is 19.0. The van der Waals surface area contributed by atoms with E-state index < -0.39 is 12.0 Å². The summed E-state index contributed by atoms with van der Waals surface area (Å²) in [5, 5.41) is 2.71. The summed E-state index contributed by atoms with van der Waals surface area (Å²) in [6, 6.07) is 6.24. The lowest BCUT2D eigenvalue weighted by molar-refractivity contribution is -0.144. The maximum absolute atomic E-state index is 12.2. The van der Waals surface area contributed by atoms with Crippen molar-refractivity contribution in [3.05, 3.63) is 29.8 Å². The van der Waals surface area contributed by atoms with Gasteiger partial charge in [-0.3, -0.25) is 4.79 Å². The molecule has 1 aromatic carbocycles. The van der Waals surface area contributed by atoms with Gasteiger partial charge in [0.2, 0.25) is 0 Å². The van der Waals surface area contributed by atoms with E-state index in [-0.39, 0.29) is 11.8 Å². The summed E-state index contributed by atoms with van der Waals surface area (Å²) in [6.45, 7) is 8.65. The number of esters is 1. The summed E-state index contributed by atoms with van der Waals surface area (Å²) in [7, 11) is 1.31. The van der Waals surface area contributed by atoms with E-state index in [1.807, 2.05) is 13.8 Å². The molecule has 1 aromatic rings. The van der Waals surface area contributed by atoms with Gasteiger partial charge < -0.3 is 14.8 Å². The number of amides is 1. The molecule has 0 fully saturated rings. The van der Waals surface area contributed by atoms with Gasteiger partial charge >= 0.3 is 5.97 Å². The summed E-state index contributed by atoms with van der Waals surface area (Å²) in [5.41, 5.74) is 0.482. The normalized spacial score (nSPS) is 12.1. The highest BCUT2D eigenvalue weighted by atomic mass is 16.5. The maximum atomic E-state index is 12.2. The molecule has 23 heavy (non-hydrogen) atoms. The summed E-state index contributed by atoms with van der Waals surface area (Å²) in [4.78, 5) is 23.9. The van der Waals surface area contributed by atoms with Gasteiger partial charge in [0.1, 0.15) is 11.8 Å². The van der Waals surface area contributed by atoms with Gasteiger partial charge in [0.15, 0.2) is 0 Å². The molecule has 128 valence electrons. The highest BCUT2D eigenvalue weighted by molar-refractivity contribution is 5.96. The molecule has 5 nitrogen and oxygen atoms in total. The molecule has 0 aliphatic carbocycles. The molecule has 0 aromatic heterocycles. The van der Waals surface area contributed by atoms with Crippen LogP contribution < -0.4 is 10.1 Å². The lowest BCUT2D eigenvalue weighted by atomic mass is 10.0. The van der Waals surface area contributed by atoms with Gasteiger partial charge in [0.05, 0.1) is 13.7 Å². The minimum absolute atomic E-state index is 0.0509. The van der Waals surface area contributed by atoms with Crippen molar-refractivity contribution in [2.24, 2.45) is 11.8 Å². The number of rotatable bonds is 8. The zero-order chi connectivity index (χ0) is 17.4. The molecule has 1 amide bonds. The molecule has 0 radical (unpaired) electrons. The standard InChI is InChI=1S/C18H27NO4/c1-12(2)10-11-23-15-8-6-14(7-9-15)17(20)19-16(13(3)4)18(21)22-5/h6-9,12-13,16H,10-11H2,1-5H3,(H,19,20). The summed E-state index contributed by atoms with van der Waals surface area (Å²) in [6.07, 6.45) is 0.984. The SMILES string of the molecule is COC(=O)C(NC(=O)c1ccc(OCCC(C)C)cc1)C(C)C. The van der Waals surface area contributed by atoms with Crippen molar-refractivity contribution in [2.75, 3.05) is 13.7 Å². The first-order valence-electron chi connectivity index (χ1n) is 7.96.